The van der Waals surface area contributed by atoms with Crippen molar-refractivity contribution in [3.63, 3.8) is 0 Å². The summed E-state index contributed by atoms with van der Waals surface area (Å²) in [4.78, 5) is 40.2. The van der Waals surface area contributed by atoms with Crippen LogP contribution in [-0.4, -0.2) is 66.7 Å². The van der Waals surface area contributed by atoms with Crippen LogP contribution in [-0.2, 0) is 22.6 Å². The number of rotatable bonds is 2. The minimum absolute atomic E-state index is 0.119. The van der Waals surface area contributed by atoms with E-state index in [1.54, 1.807) is 36.1 Å². The van der Waals surface area contributed by atoms with Crippen LogP contribution in [0.1, 0.15) is 40.2 Å². The highest BCUT2D eigenvalue weighted by molar-refractivity contribution is 5.92. The average molecular weight is 567 g/mol. The van der Waals surface area contributed by atoms with Crippen molar-refractivity contribution in [2.24, 2.45) is 0 Å². The van der Waals surface area contributed by atoms with Crippen LogP contribution in [0.5, 0.6) is 17.2 Å². The number of carbonyl (C=O) groups is 3. The molecule has 12 heteroatoms. The quantitative estimate of drug-likeness (QED) is 0.484. The number of halogens is 1. The Morgan fingerprint density at radius 1 is 1.10 bits per heavy atom. The molecule has 3 aromatic rings. The summed E-state index contributed by atoms with van der Waals surface area (Å²) >= 11 is 0. The molecule has 11 nitrogen and oxygen atoms in total. The molecule has 0 aliphatic carbocycles. The van der Waals surface area contributed by atoms with Crippen molar-refractivity contribution >= 4 is 17.7 Å². The standard InChI is InChI=1S/C29H31FN4O7/c1-17-9-22(33-41-17)29(37)34-8-7-24-23(15-34)32-28(36)16-39-26-12-18(3-5-25(26)38-2)4-6-27(35)31-14-19-10-20(30)13-21(11-19)40-24/h3,5,9-13,23-24H,4,6-8,14-16H2,1-2H3,(H,31,35)(H,32,36)/t23-,24-/m1/s1. The van der Waals surface area contributed by atoms with E-state index in [1.165, 1.54) is 19.2 Å². The molecule has 0 spiro atoms. The van der Waals surface area contributed by atoms with Crippen molar-refractivity contribution in [3.05, 3.63) is 70.9 Å². The molecule has 2 aromatic carbocycles. The molecule has 1 saturated heterocycles. The first kappa shape index (κ1) is 27.9. The summed E-state index contributed by atoms with van der Waals surface area (Å²) in [6.45, 7) is 1.93. The number of aromatic nitrogens is 1. The van der Waals surface area contributed by atoms with Gasteiger partial charge in [0.25, 0.3) is 11.8 Å². The van der Waals surface area contributed by atoms with Crippen molar-refractivity contribution in [1.29, 1.82) is 0 Å². The Morgan fingerprint density at radius 2 is 1.95 bits per heavy atom. The minimum Gasteiger partial charge on any atom is -0.493 e. The number of methoxy groups -OCH3 is 1. The van der Waals surface area contributed by atoms with E-state index in [1.807, 2.05) is 6.07 Å². The largest absolute Gasteiger partial charge is 0.493 e. The van der Waals surface area contributed by atoms with E-state index >= 15 is 0 Å². The van der Waals surface area contributed by atoms with E-state index in [0.717, 1.165) is 5.56 Å². The molecule has 2 N–H and O–H groups in total. The fraction of sp³-hybridized carbons (Fsp3) is 0.379. The second kappa shape index (κ2) is 12.3. The molecule has 4 bridgehead atoms. The molecular formula is C29H31FN4O7. The summed E-state index contributed by atoms with van der Waals surface area (Å²) in [5, 5.41) is 9.56. The van der Waals surface area contributed by atoms with Gasteiger partial charge in [0.2, 0.25) is 5.91 Å². The monoisotopic (exact) mass is 566 g/mol. The fourth-order valence-corrected chi connectivity index (χ4v) is 4.92. The molecule has 216 valence electrons. The van der Waals surface area contributed by atoms with Gasteiger partial charge in [-0.2, -0.15) is 0 Å². The lowest BCUT2D eigenvalue weighted by Crippen LogP contribution is -2.58. The summed E-state index contributed by atoms with van der Waals surface area (Å²) in [5.74, 6) is 0.0676. The zero-order valence-electron chi connectivity index (χ0n) is 22.8. The third kappa shape index (κ3) is 6.94. The number of ether oxygens (including phenoxy) is 3. The third-order valence-electron chi connectivity index (χ3n) is 6.97. The summed E-state index contributed by atoms with van der Waals surface area (Å²) < 4.78 is 36.9. The number of nitrogens with zero attached hydrogens (tertiary/aromatic N) is 2. The molecule has 3 amide bonds. The van der Waals surface area contributed by atoms with Crippen LogP contribution < -0.4 is 24.8 Å². The van der Waals surface area contributed by atoms with Gasteiger partial charge in [0, 0.05) is 44.6 Å². The van der Waals surface area contributed by atoms with Crippen LogP contribution in [0.2, 0.25) is 0 Å². The smallest absolute Gasteiger partial charge is 0.276 e. The number of piperidine rings is 1. The lowest BCUT2D eigenvalue weighted by atomic mass is 10.0. The number of carbonyl (C=O) groups excluding carboxylic acids is 3. The van der Waals surface area contributed by atoms with Crippen molar-refractivity contribution in [2.45, 2.75) is 44.9 Å². The third-order valence-corrected chi connectivity index (χ3v) is 6.97. The Balaban J connectivity index is 1.41. The lowest BCUT2D eigenvalue weighted by molar-refractivity contribution is -0.125. The molecule has 3 heterocycles. The van der Waals surface area contributed by atoms with E-state index in [9.17, 15) is 18.8 Å². The predicted octanol–water partition coefficient (Wildman–Crippen LogP) is 2.55. The molecule has 0 radical (unpaired) electrons. The van der Waals surface area contributed by atoms with Gasteiger partial charge in [0.15, 0.2) is 23.8 Å². The molecule has 1 fully saturated rings. The Morgan fingerprint density at radius 3 is 2.73 bits per heavy atom. The fourth-order valence-electron chi connectivity index (χ4n) is 4.92. The van der Waals surface area contributed by atoms with E-state index in [0.29, 0.717) is 42.2 Å². The van der Waals surface area contributed by atoms with Gasteiger partial charge in [-0.15, -0.1) is 0 Å². The van der Waals surface area contributed by atoms with Crippen molar-refractivity contribution in [2.75, 3.05) is 26.8 Å². The highest BCUT2D eigenvalue weighted by atomic mass is 19.1. The second-order valence-corrected chi connectivity index (χ2v) is 10.0. The number of aryl methyl sites for hydroxylation is 2. The van der Waals surface area contributed by atoms with Gasteiger partial charge in [0.1, 0.15) is 23.4 Å². The van der Waals surface area contributed by atoms with Crippen LogP contribution in [0.15, 0.2) is 47.0 Å². The SMILES string of the molecule is COc1ccc2cc1OCC(=O)N[C@@H]1CN(C(=O)c3cc(C)on3)CC[C@H]1Oc1cc(F)cc(c1)CNC(=O)CC2. The highest BCUT2D eigenvalue weighted by Crippen LogP contribution is 2.29. The first-order valence-electron chi connectivity index (χ1n) is 13.3. The van der Waals surface area contributed by atoms with Crippen molar-refractivity contribution in [1.82, 2.24) is 20.7 Å². The molecule has 2 aliphatic heterocycles. The van der Waals surface area contributed by atoms with Crippen LogP contribution in [0.4, 0.5) is 4.39 Å². The number of hydrogen-bond acceptors (Lipinski definition) is 8. The molecular weight excluding hydrogens is 535 g/mol. The number of amides is 3. The zero-order valence-corrected chi connectivity index (χ0v) is 22.8. The summed E-state index contributed by atoms with van der Waals surface area (Å²) in [5.41, 5.74) is 1.52. The van der Waals surface area contributed by atoms with Gasteiger partial charge in [-0.1, -0.05) is 11.2 Å². The topological polar surface area (TPSA) is 132 Å². The summed E-state index contributed by atoms with van der Waals surface area (Å²) in [7, 11) is 1.50. The molecule has 5 rings (SSSR count). The number of fused-ring (bicyclic) bond motifs is 5. The van der Waals surface area contributed by atoms with Crippen LogP contribution >= 0.6 is 0 Å². The van der Waals surface area contributed by atoms with E-state index in [-0.39, 0.29) is 49.4 Å². The molecule has 1 aromatic heterocycles. The average Bonchev–Trinajstić information content (AvgIpc) is 3.39. The molecule has 2 atom stereocenters. The van der Waals surface area contributed by atoms with Gasteiger partial charge in [-0.3, -0.25) is 14.4 Å². The number of likely N-dealkylation sites (tertiary alicyclic amines) is 1. The number of nitrogens with one attached hydrogen (secondary N) is 2. The Hall–Kier alpha value is -4.61. The molecule has 2 aliphatic rings. The van der Waals surface area contributed by atoms with Gasteiger partial charge in [-0.25, -0.2) is 4.39 Å². The maximum Gasteiger partial charge on any atom is 0.276 e. The second-order valence-electron chi connectivity index (χ2n) is 10.0. The van der Waals surface area contributed by atoms with Gasteiger partial charge >= 0.3 is 0 Å². The van der Waals surface area contributed by atoms with E-state index in [4.69, 9.17) is 18.7 Å². The maximum atomic E-state index is 14.5. The highest BCUT2D eigenvalue weighted by Gasteiger charge is 2.35. The van der Waals surface area contributed by atoms with Crippen molar-refractivity contribution < 1.29 is 37.5 Å². The number of hydrogen-bond donors (Lipinski definition) is 2. The van der Waals surface area contributed by atoms with Crippen LogP contribution in [0.3, 0.4) is 0 Å². The Kier molecular flexibility index (Phi) is 8.37. The Bertz CT molecular complexity index is 1440. The zero-order chi connectivity index (χ0) is 28.9. The molecule has 41 heavy (non-hydrogen) atoms. The summed E-state index contributed by atoms with van der Waals surface area (Å²) in [6.07, 6.45) is 0.405. The minimum atomic E-state index is -0.643. The lowest BCUT2D eigenvalue weighted by Gasteiger charge is -2.38. The normalized spacial score (nSPS) is 19.8. The Labute approximate surface area is 235 Å². The summed E-state index contributed by atoms with van der Waals surface area (Å²) in [6, 6.07) is 10.4. The number of benzene rings is 2. The predicted molar refractivity (Wildman–Crippen MR) is 143 cm³/mol. The molecule has 0 unspecified atom stereocenters. The van der Waals surface area contributed by atoms with Crippen LogP contribution in [0.25, 0.3) is 0 Å². The van der Waals surface area contributed by atoms with Gasteiger partial charge in [0.05, 0.1) is 13.2 Å². The van der Waals surface area contributed by atoms with Crippen molar-refractivity contribution in [3.8, 4) is 17.2 Å². The molecule has 0 saturated carbocycles. The van der Waals surface area contributed by atoms with Gasteiger partial charge in [-0.05, 0) is 48.7 Å². The van der Waals surface area contributed by atoms with E-state index in [2.05, 4.69) is 15.8 Å². The maximum absolute atomic E-state index is 14.5. The van der Waals surface area contributed by atoms with Crippen LogP contribution in [0, 0.1) is 12.7 Å². The van der Waals surface area contributed by atoms with Gasteiger partial charge < -0.3 is 34.3 Å². The first-order chi connectivity index (χ1) is 19.8. The van der Waals surface area contributed by atoms with E-state index < -0.39 is 23.9 Å². The first-order valence-corrected chi connectivity index (χ1v) is 13.3.